The van der Waals surface area contributed by atoms with E-state index in [9.17, 15) is 21.2 Å². The maximum absolute atomic E-state index is 14.1. The molecule has 12 heteroatoms. The van der Waals surface area contributed by atoms with Crippen molar-refractivity contribution < 1.29 is 21.2 Å². The van der Waals surface area contributed by atoms with Crippen molar-refractivity contribution >= 4 is 42.2 Å². The van der Waals surface area contributed by atoms with Gasteiger partial charge in [-0.2, -0.15) is 0 Å². The van der Waals surface area contributed by atoms with Crippen LogP contribution in [0.2, 0.25) is 0 Å². The van der Waals surface area contributed by atoms with E-state index in [1.54, 1.807) is 6.92 Å². The van der Waals surface area contributed by atoms with Crippen LogP contribution in [0, 0.1) is 5.82 Å². The summed E-state index contributed by atoms with van der Waals surface area (Å²) in [5, 5.41) is 8.22. The van der Waals surface area contributed by atoms with Crippen molar-refractivity contribution in [3.8, 4) is 0 Å². The first-order chi connectivity index (χ1) is 11.7. The van der Waals surface area contributed by atoms with E-state index in [1.165, 1.54) is 0 Å². The predicted molar refractivity (Wildman–Crippen MR) is 94.2 cm³/mol. The summed E-state index contributed by atoms with van der Waals surface area (Å²) < 4.78 is 66.3. The van der Waals surface area contributed by atoms with Crippen molar-refractivity contribution in [1.82, 2.24) is 10.2 Å². The zero-order valence-corrected chi connectivity index (χ0v) is 15.9. The summed E-state index contributed by atoms with van der Waals surface area (Å²) in [6.07, 6.45) is 0.982. The summed E-state index contributed by atoms with van der Waals surface area (Å²) in [7, 11) is -7.74. The van der Waals surface area contributed by atoms with Crippen LogP contribution in [0.4, 0.5) is 15.2 Å². The molecular formula is C13H17FN4O4S3. The second kappa shape index (κ2) is 7.62. The van der Waals surface area contributed by atoms with Gasteiger partial charge in [-0.1, -0.05) is 25.2 Å². The molecule has 0 spiro atoms. The van der Waals surface area contributed by atoms with Crippen LogP contribution >= 0.6 is 11.3 Å². The average Bonchev–Trinajstić information content (AvgIpc) is 2.95. The fourth-order valence-corrected chi connectivity index (χ4v) is 4.91. The van der Waals surface area contributed by atoms with Crippen LogP contribution in [0.25, 0.3) is 0 Å². The van der Waals surface area contributed by atoms with Gasteiger partial charge in [-0.3, -0.25) is 9.44 Å². The largest absolute Gasteiger partial charge is 0.281 e. The third kappa shape index (κ3) is 5.09. The normalized spacial score (nSPS) is 12.1. The van der Waals surface area contributed by atoms with Crippen molar-refractivity contribution in [1.29, 1.82) is 0 Å². The van der Waals surface area contributed by atoms with Crippen molar-refractivity contribution in [2.75, 3.05) is 15.2 Å². The smallest absolute Gasteiger partial charge is 0.263 e. The summed E-state index contributed by atoms with van der Waals surface area (Å²) in [6, 6.07) is 2.92. The average molecular weight is 409 g/mol. The van der Waals surface area contributed by atoms with Crippen LogP contribution in [0.1, 0.15) is 25.3 Å². The first-order valence-corrected chi connectivity index (χ1v) is 11.3. The summed E-state index contributed by atoms with van der Waals surface area (Å²) in [6.45, 7) is 3.53. The number of hydrogen-bond donors (Lipinski definition) is 2. The van der Waals surface area contributed by atoms with Crippen molar-refractivity contribution in [3.63, 3.8) is 0 Å². The van der Waals surface area contributed by atoms with Gasteiger partial charge in [-0.15, -0.1) is 10.2 Å². The van der Waals surface area contributed by atoms with Crippen LogP contribution in [0.15, 0.2) is 23.1 Å². The first kappa shape index (κ1) is 19.5. The van der Waals surface area contributed by atoms with Gasteiger partial charge in [0.1, 0.15) is 10.8 Å². The van der Waals surface area contributed by atoms with Crippen LogP contribution in [0.3, 0.4) is 0 Å². The monoisotopic (exact) mass is 408 g/mol. The van der Waals surface area contributed by atoms with Gasteiger partial charge >= 0.3 is 0 Å². The SMILES string of the molecule is CCCS(=O)(=O)Nc1ccc(S(=O)(=O)Nc2nnc(CC)s2)cc1F. The molecule has 1 aromatic heterocycles. The lowest BCUT2D eigenvalue weighted by Gasteiger charge is -2.10. The molecule has 2 aromatic rings. The lowest BCUT2D eigenvalue weighted by atomic mass is 10.3. The van der Waals surface area contributed by atoms with E-state index >= 15 is 0 Å². The Morgan fingerprint density at radius 1 is 1.12 bits per heavy atom. The third-order valence-electron chi connectivity index (χ3n) is 2.98. The topological polar surface area (TPSA) is 118 Å². The Balaban J connectivity index is 2.23. The predicted octanol–water partition coefficient (Wildman–Crippen LogP) is 2.19. The van der Waals surface area contributed by atoms with E-state index in [4.69, 9.17) is 0 Å². The number of aryl methyl sites for hydroxylation is 1. The molecule has 138 valence electrons. The Kier molecular flexibility index (Phi) is 5.95. The summed E-state index contributed by atoms with van der Waals surface area (Å²) in [4.78, 5) is -0.350. The molecular weight excluding hydrogens is 391 g/mol. The minimum absolute atomic E-state index is 0.0741. The van der Waals surface area contributed by atoms with E-state index in [0.717, 1.165) is 29.5 Å². The molecule has 1 heterocycles. The Morgan fingerprint density at radius 3 is 2.40 bits per heavy atom. The Hall–Kier alpha value is -1.79. The highest BCUT2D eigenvalue weighted by atomic mass is 32.2. The third-order valence-corrected chi connectivity index (χ3v) is 6.91. The van der Waals surface area contributed by atoms with Gasteiger partial charge in [0.15, 0.2) is 0 Å². The van der Waals surface area contributed by atoms with Crippen molar-refractivity contribution in [3.05, 3.63) is 29.0 Å². The molecule has 8 nitrogen and oxygen atoms in total. The minimum Gasteiger partial charge on any atom is -0.281 e. The van der Waals surface area contributed by atoms with E-state index < -0.39 is 25.9 Å². The number of benzene rings is 1. The Labute approximate surface area is 149 Å². The number of rotatable bonds is 8. The zero-order valence-electron chi connectivity index (χ0n) is 13.5. The Morgan fingerprint density at radius 2 is 1.84 bits per heavy atom. The molecule has 0 fully saturated rings. The van der Waals surface area contributed by atoms with Gasteiger partial charge in [0.05, 0.1) is 16.3 Å². The lowest BCUT2D eigenvalue weighted by molar-refractivity contribution is 0.594. The number of anilines is 2. The van der Waals surface area contributed by atoms with Crippen molar-refractivity contribution in [2.24, 2.45) is 0 Å². The van der Waals surface area contributed by atoms with E-state index in [0.29, 0.717) is 17.8 Å². The van der Waals surface area contributed by atoms with Gasteiger partial charge in [-0.05, 0) is 31.0 Å². The first-order valence-electron chi connectivity index (χ1n) is 7.32. The molecule has 0 atom stereocenters. The Bertz CT molecular complexity index is 957. The van der Waals surface area contributed by atoms with Crippen LogP contribution in [-0.4, -0.2) is 32.8 Å². The second-order valence-corrected chi connectivity index (χ2v) is 9.61. The van der Waals surface area contributed by atoms with Crippen molar-refractivity contribution in [2.45, 2.75) is 31.6 Å². The van der Waals surface area contributed by atoms with Gasteiger partial charge in [0.2, 0.25) is 15.2 Å². The molecule has 0 bridgehead atoms. The van der Waals surface area contributed by atoms with Gasteiger partial charge in [0, 0.05) is 0 Å². The molecule has 0 aliphatic rings. The van der Waals surface area contributed by atoms with Gasteiger partial charge in [-0.25, -0.2) is 21.2 Å². The molecule has 0 amide bonds. The lowest BCUT2D eigenvalue weighted by Crippen LogP contribution is -2.18. The minimum atomic E-state index is -4.06. The molecule has 1 aromatic carbocycles. The summed E-state index contributed by atoms with van der Waals surface area (Å²) in [5.41, 5.74) is -0.309. The zero-order chi connectivity index (χ0) is 18.7. The fourth-order valence-electron chi connectivity index (χ4n) is 1.84. The highest BCUT2D eigenvalue weighted by molar-refractivity contribution is 7.93. The highest BCUT2D eigenvalue weighted by Crippen LogP contribution is 2.23. The van der Waals surface area contributed by atoms with Crippen LogP contribution < -0.4 is 9.44 Å². The molecule has 2 N–H and O–H groups in total. The van der Waals surface area contributed by atoms with Gasteiger partial charge in [0.25, 0.3) is 10.0 Å². The molecule has 0 radical (unpaired) electrons. The fraction of sp³-hybridized carbons (Fsp3) is 0.385. The van der Waals surface area contributed by atoms with Crippen LogP contribution in [0.5, 0.6) is 0 Å². The molecule has 0 aliphatic heterocycles. The highest BCUT2D eigenvalue weighted by Gasteiger charge is 2.20. The number of hydrogen-bond acceptors (Lipinski definition) is 7. The van der Waals surface area contributed by atoms with Gasteiger partial charge < -0.3 is 0 Å². The number of sulfonamides is 2. The second-order valence-electron chi connectivity index (χ2n) is 5.02. The molecule has 0 unspecified atom stereocenters. The standard InChI is InChI=1S/C13H17FN4O4S3/c1-3-7-24(19,20)17-11-6-5-9(8-10(11)14)25(21,22)18-13-16-15-12(4-2)23-13/h5-6,8,17H,3-4,7H2,1-2H3,(H,16,18). The summed E-state index contributed by atoms with van der Waals surface area (Å²) >= 11 is 1.08. The number of aromatic nitrogens is 2. The van der Waals surface area contributed by atoms with E-state index in [-0.39, 0.29) is 21.5 Å². The number of halogens is 1. The van der Waals surface area contributed by atoms with E-state index in [1.807, 2.05) is 6.92 Å². The molecule has 0 saturated heterocycles. The quantitative estimate of drug-likeness (QED) is 0.691. The molecule has 25 heavy (non-hydrogen) atoms. The number of nitrogens with zero attached hydrogens (tertiary/aromatic N) is 2. The summed E-state index contributed by atoms with van der Waals surface area (Å²) in [5.74, 6) is -1.15. The maximum Gasteiger partial charge on any atom is 0.263 e. The molecule has 2 rings (SSSR count). The molecule has 0 saturated carbocycles. The maximum atomic E-state index is 14.1. The molecule has 0 aliphatic carbocycles. The number of nitrogens with one attached hydrogen (secondary N) is 2. The van der Waals surface area contributed by atoms with Crippen LogP contribution in [-0.2, 0) is 26.5 Å². The van der Waals surface area contributed by atoms with E-state index in [2.05, 4.69) is 19.6 Å².